The minimum Gasteiger partial charge on any atom is -0.481 e. The summed E-state index contributed by atoms with van der Waals surface area (Å²) in [7, 11) is 0. The second-order valence-electron chi connectivity index (χ2n) is 12.5. The predicted molar refractivity (Wildman–Crippen MR) is 159 cm³/mol. The van der Waals surface area contributed by atoms with E-state index in [9.17, 15) is 33.6 Å². The van der Waals surface area contributed by atoms with Crippen LogP contribution >= 0.6 is 0 Å². The first-order valence-electron chi connectivity index (χ1n) is 15.3. The molecule has 0 bridgehead atoms. The van der Waals surface area contributed by atoms with E-state index in [0.29, 0.717) is 24.3 Å². The Bertz CT molecular complexity index is 999. The fourth-order valence-electron chi connectivity index (χ4n) is 4.32. The van der Waals surface area contributed by atoms with Crippen LogP contribution in [0.4, 0.5) is 0 Å². The molecule has 14 nitrogen and oxygen atoms in total. The third-order valence-electron chi connectivity index (χ3n) is 8.10. The van der Waals surface area contributed by atoms with Crippen LogP contribution in [0.25, 0.3) is 0 Å². The summed E-state index contributed by atoms with van der Waals surface area (Å²) >= 11 is 0. The molecule has 45 heavy (non-hydrogen) atoms. The molecule has 258 valence electrons. The summed E-state index contributed by atoms with van der Waals surface area (Å²) in [6, 6.07) is 0. The SMILES string of the molecule is CCC(C)(C)C(=O)N(C(=O)CCC(=O)O)C(=O)CCC(=O)O.CCC(C)(C)C(=O)OCCOOCCC1(CC(=O)O)CCCC1. The standard InChI is InChI=1S/C17H30O6.C14H21NO7/c1-4-16(2,3)15(20)21-11-12-23-22-10-9-17(13-14(18)19)7-5-6-8-17;1-4-14(2,3)13(22)15(9(16)5-7-11(18)19)10(17)6-8-12(20)21/h4-13H2,1-3H3,(H,18,19);4-8H2,1-3H3,(H,18,19)(H,20,21). The number of ether oxygens (including phenoxy) is 1. The van der Waals surface area contributed by atoms with Crippen LogP contribution in [-0.2, 0) is 48.1 Å². The van der Waals surface area contributed by atoms with E-state index >= 15 is 0 Å². The van der Waals surface area contributed by atoms with E-state index in [2.05, 4.69) is 0 Å². The summed E-state index contributed by atoms with van der Waals surface area (Å²) in [5.41, 5.74) is -1.61. The monoisotopic (exact) mass is 645 g/mol. The number of esters is 1. The van der Waals surface area contributed by atoms with E-state index in [1.165, 1.54) is 0 Å². The number of imide groups is 3. The number of rotatable bonds is 19. The Morgan fingerprint density at radius 1 is 0.667 bits per heavy atom. The molecule has 0 radical (unpaired) electrons. The molecule has 0 heterocycles. The Labute approximate surface area is 264 Å². The molecule has 0 atom stereocenters. The molecule has 0 unspecified atom stereocenters. The van der Waals surface area contributed by atoms with E-state index in [4.69, 9.17) is 29.8 Å². The number of hydrogen-bond acceptors (Lipinski definition) is 10. The van der Waals surface area contributed by atoms with Crippen LogP contribution < -0.4 is 0 Å². The van der Waals surface area contributed by atoms with Gasteiger partial charge in [0.1, 0.15) is 13.2 Å². The zero-order chi connectivity index (χ0) is 34.8. The third-order valence-corrected chi connectivity index (χ3v) is 8.10. The number of carbonyl (C=O) groups excluding carboxylic acids is 4. The lowest BCUT2D eigenvalue weighted by Gasteiger charge is -2.28. The van der Waals surface area contributed by atoms with Crippen molar-refractivity contribution in [2.75, 3.05) is 19.8 Å². The molecule has 0 aromatic carbocycles. The number of carboxylic acid groups (broad SMARTS) is 3. The lowest BCUT2D eigenvalue weighted by molar-refractivity contribution is -0.301. The van der Waals surface area contributed by atoms with Gasteiger partial charge in [0.25, 0.3) is 0 Å². The lowest BCUT2D eigenvalue weighted by atomic mass is 9.80. The van der Waals surface area contributed by atoms with Gasteiger partial charge in [0.2, 0.25) is 17.7 Å². The van der Waals surface area contributed by atoms with Crippen LogP contribution in [0.15, 0.2) is 0 Å². The average molecular weight is 646 g/mol. The van der Waals surface area contributed by atoms with Crippen molar-refractivity contribution in [3.05, 3.63) is 0 Å². The molecule has 14 heteroatoms. The van der Waals surface area contributed by atoms with Gasteiger partial charge < -0.3 is 20.1 Å². The summed E-state index contributed by atoms with van der Waals surface area (Å²) < 4.78 is 5.13. The van der Waals surface area contributed by atoms with E-state index in [1.807, 2.05) is 20.8 Å². The minimum atomic E-state index is -1.23. The van der Waals surface area contributed by atoms with Gasteiger partial charge in [-0.1, -0.05) is 40.5 Å². The van der Waals surface area contributed by atoms with E-state index in [1.54, 1.807) is 20.8 Å². The smallest absolute Gasteiger partial charge is 0.311 e. The van der Waals surface area contributed by atoms with Gasteiger partial charge in [-0.3, -0.25) is 33.6 Å². The van der Waals surface area contributed by atoms with Crippen LogP contribution in [0.2, 0.25) is 0 Å². The van der Waals surface area contributed by atoms with Gasteiger partial charge in [0, 0.05) is 18.3 Å². The number of hydrogen-bond donors (Lipinski definition) is 3. The molecule has 1 fully saturated rings. The molecule has 1 rings (SSSR count). The molecular weight excluding hydrogens is 594 g/mol. The van der Waals surface area contributed by atoms with Gasteiger partial charge in [-0.05, 0) is 51.4 Å². The fourth-order valence-corrected chi connectivity index (χ4v) is 4.32. The number of aliphatic carboxylic acids is 3. The van der Waals surface area contributed by atoms with E-state index < -0.39 is 72.1 Å². The highest BCUT2D eigenvalue weighted by molar-refractivity contribution is 6.12. The Hall–Kier alpha value is -3.39. The highest BCUT2D eigenvalue weighted by Gasteiger charge is 2.38. The maximum Gasteiger partial charge on any atom is 0.311 e. The Morgan fingerprint density at radius 2 is 1.13 bits per heavy atom. The number of amides is 3. The summed E-state index contributed by atoms with van der Waals surface area (Å²) in [5, 5.41) is 26.2. The van der Waals surface area contributed by atoms with Crippen LogP contribution in [-0.4, -0.2) is 81.6 Å². The maximum absolute atomic E-state index is 12.4. The van der Waals surface area contributed by atoms with Gasteiger partial charge in [-0.25, -0.2) is 14.7 Å². The Morgan fingerprint density at radius 3 is 1.56 bits per heavy atom. The van der Waals surface area contributed by atoms with Gasteiger partial charge in [0.15, 0.2) is 0 Å². The molecule has 0 saturated heterocycles. The molecule has 1 aliphatic rings. The molecule has 3 N–H and O–H groups in total. The van der Waals surface area contributed by atoms with Gasteiger partial charge in [-0.15, -0.1) is 0 Å². The van der Waals surface area contributed by atoms with Crippen molar-refractivity contribution in [2.45, 2.75) is 119 Å². The summed E-state index contributed by atoms with van der Waals surface area (Å²) in [5.74, 6) is -6.05. The molecule has 0 aromatic heterocycles. The van der Waals surface area contributed by atoms with Crippen molar-refractivity contribution in [1.29, 1.82) is 0 Å². The quantitative estimate of drug-likeness (QED) is 0.0771. The second kappa shape index (κ2) is 19.9. The highest BCUT2D eigenvalue weighted by atomic mass is 17.2. The van der Waals surface area contributed by atoms with Crippen molar-refractivity contribution in [1.82, 2.24) is 4.90 Å². The summed E-state index contributed by atoms with van der Waals surface area (Å²) in [6.45, 7) is 11.1. The normalized spacial score (nSPS) is 14.1. The topological polar surface area (TPSA) is 211 Å². The Balaban J connectivity index is 0.000000862. The average Bonchev–Trinajstić information content (AvgIpc) is 3.42. The number of carbonyl (C=O) groups is 7. The third kappa shape index (κ3) is 15.9. The Kier molecular flexibility index (Phi) is 18.4. The largest absolute Gasteiger partial charge is 0.481 e. The van der Waals surface area contributed by atoms with E-state index in [0.717, 1.165) is 32.1 Å². The number of carboxylic acids is 3. The van der Waals surface area contributed by atoms with Crippen molar-refractivity contribution >= 4 is 41.6 Å². The number of nitrogens with zero attached hydrogens (tertiary/aromatic N) is 1. The zero-order valence-corrected chi connectivity index (χ0v) is 27.5. The molecule has 3 amide bonds. The van der Waals surface area contributed by atoms with Crippen molar-refractivity contribution in [2.24, 2.45) is 16.2 Å². The summed E-state index contributed by atoms with van der Waals surface area (Å²) in [4.78, 5) is 90.7. The maximum atomic E-state index is 12.4. The van der Waals surface area contributed by atoms with E-state index in [-0.39, 0.29) is 31.0 Å². The first-order valence-corrected chi connectivity index (χ1v) is 15.3. The summed E-state index contributed by atoms with van der Waals surface area (Å²) in [6.07, 6.45) is 3.97. The van der Waals surface area contributed by atoms with Crippen LogP contribution in [0.5, 0.6) is 0 Å². The highest BCUT2D eigenvalue weighted by Crippen LogP contribution is 2.44. The molecule has 1 aliphatic carbocycles. The molecule has 0 aliphatic heterocycles. The van der Waals surface area contributed by atoms with Gasteiger partial charge >= 0.3 is 23.9 Å². The molecule has 1 saturated carbocycles. The van der Waals surface area contributed by atoms with Gasteiger partial charge in [0.05, 0.1) is 31.3 Å². The van der Waals surface area contributed by atoms with Crippen LogP contribution in [0.3, 0.4) is 0 Å². The van der Waals surface area contributed by atoms with Gasteiger partial charge in [-0.2, -0.15) is 0 Å². The van der Waals surface area contributed by atoms with Crippen molar-refractivity contribution in [3.8, 4) is 0 Å². The first kappa shape index (κ1) is 41.6. The van der Waals surface area contributed by atoms with Crippen molar-refractivity contribution < 1.29 is 63.4 Å². The fraction of sp³-hybridized carbons (Fsp3) is 0.774. The molecule has 0 aromatic rings. The minimum absolute atomic E-state index is 0.146. The predicted octanol–water partition coefficient (Wildman–Crippen LogP) is 4.37. The van der Waals surface area contributed by atoms with Crippen LogP contribution in [0, 0.1) is 16.2 Å². The van der Waals surface area contributed by atoms with Crippen LogP contribution in [0.1, 0.15) is 119 Å². The first-order chi connectivity index (χ1) is 20.8. The second-order valence-corrected chi connectivity index (χ2v) is 12.5. The zero-order valence-electron chi connectivity index (χ0n) is 27.5. The molecule has 0 spiro atoms. The lowest BCUT2D eigenvalue weighted by Crippen LogP contribution is -2.48. The molecular formula is C31H51NO13. The van der Waals surface area contributed by atoms with Crippen molar-refractivity contribution in [3.63, 3.8) is 0 Å².